The lowest BCUT2D eigenvalue weighted by atomic mass is 10.0. The van der Waals surface area contributed by atoms with Crippen LogP contribution in [-0.4, -0.2) is 0 Å². The molecular weight excluding hydrogens is 373 g/mol. The summed E-state index contributed by atoms with van der Waals surface area (Å²) in [5.41, 5.74) is -4.00. The zero-order valence-electron chi connectivity index (χ0n) is 14.9. The van der Waals surface area contributed by atoms with Crippen LogP contribution in [0.25, 0.3) is 22.9 Å². The predicted octanol–water partition coefficient (Wildman–Crippen LogP) is 4.73. The van der Waals surface area contributed by atoms with Crippen molar-refractivity contribution in [3.05, 3.63) is 83.4 Å². The molecule has 3 aromatic carbocycles. The second-order valence-electron chi connectivity index (χ2n) is 5.57. The van der Waals surface area contributed by atoms with Gasteiger partial charge in [0.15, 0.2) is 0 Å². The number of fused-ring (bicyclic) bond motifs is 1. The van der Waals surface area contributed by atoms with Crippen LogP contribution in [0.4, 0.5) is 8.78 Å². The maximum Gasteiger partial charge on any atom is 0.296 e. The van der Waals surface area contributed by atoms with E-state index < -0.39 is 18.8 Å². The fourth-order valence-corrected chi connectivity index (χ4v) is 3.02. The van der Waals surface area contributed by atoms with E-state index in [1.54, 1.807) is 18.2 Å². The minimum Gasteiger partial charge on any atom is -0.806 e. The summed E-state index contributed by atoms with van der Waals surface area (Å²) in [4.78, 5) is 21.6. The Morgan fingerprint density at radius 1 is 0.852 bits per heavy atom. The number of alkyl halides is 2. The Kier molecular flexibility index (Phi) is 7.14. The maximum absolute atomic E-state index is 13.7. The molecule has 0 heterocycles. The van der Waals surface area contributed by atoms with Gasteiger partial charge in [0.05, 0.1) is 0 Å². The highest BCUT2D eigenvalue weighted by molar-refractivity contribution is 7.49. The summed E-state index contributed by atoms with van der Waals surface area (Å²) in [6.45, 7) is 0. The van der Waals surface area contributed by atoms with Gasteiger partial charge >= 0.3 is 0 Å². The van der Waals surface area contributed by atoms with Gasteiger partial charge in [0, 0.05) is 13.2 Å². The van der Waals surface area contributed by atoms with E-state index in [2.05, 4.69) is 0 Å². The summed E-state index contributed by atoms with van der Waals surface area (Å²) in [7, 11) is -6.08. The van der Waals surface area contributed by atoms with E-state index in [1.165, 1.54) is 6.07 Å². The molecule has 0 aromatic heterocycles. The SMILES string of the molecule is O=P([O-])([O-])C(F)(F)c1cccc(/C=C\c2cccc3ccccc23)c1.[NH4+].[NH4+]. The lowest BCUT2D eigenvalue weighted by molar-refractivity contribution is -0.335. The number of quaternary nitrogens is 2. The summed E-state index contributed by atoms with van der Waals surface area (Å²) in [5.74, 6) is 0. The number of hydrogen-bond donors (Lipinski definition) is 2. The van der Waals surface area contributed by atoms with E-state index in [0.29, 0.717) is 5.56 Å². The van der Waals surface area contributed by atoms with E-state index in [1.807, 2.05) is 42.5 Å². The van der Waals surface area contributed by atoms with Crippen LogP contribution in [0.1, 0.15) is 16.7 Å². The van der Waals surface area contributed by atoms with Crippen LogP contribution >= 0.6 is 7.60 Å². The van der Waals surface area contributed by atoms with Crippen LogP contribution in [-0.2, 0) is 10.2 Å². The van der Waals surface area contributed by atoms with E-state index in [-0.39, 0.29) is 12.3 Å². The van der Waals surface area contributed by atoms with Crippen LogP contribution in [0.5, 0.6) is 0 Å². The highest BCUT2D eigenvalue weighted by atomic mass is 31.2. The Morgan fingerprint density at radius 2 is 1.48 bits per heavy atom. The van der Waals surface area contributed by atoms with Gasteiger partial charge in [0.1, 0.15) is 0 Å². The van der Waals surface area contributed by atoms with Crippen molar-refractivity contribution in [3.63, 3.8) is 0 Å². The van der Waals surface area contributed by atoms with Crippen molar-refractivity contribution in [2.24, 2.45) is 0 Å². The normalized spacial score (nSPS) is 11.9. The Labute approximate surface area is 155 Å². The van der Waals surface area contributed by atoms with Gasteiger partial charge in [0.25, 0.3) is 5.66 Å². The van der Waals surface area contributed by atoms with Gasteiger partial charge < -0.3 is 26.7 Å². The fraction of sp³-hybridized carbons (Fsp3) is 0.0526. The minimum absolute atomic E-state index is 0. The molecule has 3 rings (SSSR count). The third-order valence-electron chi connectivity index (χ3n) is 3.86. The van der Waals surface area contributed by atoms with Crippen molar-refractivity contribution < 1.29 is 23.1 Å². The molecule has 0 atom stereocenters. The van der Waals surface area contributed by atoms with Crippen molar-refractivity contribution in [3.8, 4) is 0 Å². The molecule has 5 nitrogen and oxygen atoms in total. The number of benzene rings is 3. The van der Waals surface area contributed by atoms with Gasteiger partial charge in [-0.05, 0) is 28.0 Å². The molecule has 27 heavy (non-hydrogen) atoms. The third kappa shape index (κ3) is 4.66. The van der Waals surface area contributed by atoms with Crippen molar-refractivity contribution in [2.75, 3.05) is 0 Å². The molecule has 8 N–H and O–H groups in total. The highest BCUT2D eigenvalue weighted by Crippen LogP contribution is 2.53. The molecule has 0 unspecified atom stereocenters. The first kappa shape index (κ1) is 22.6. The summed E-state index contributed by atoms with van der Waals surface area (Å²) in [5, 5.41) is 2.05. The quantitative estimate of drug-likeness (QED) is 0.489. The first-order valence-electron chi connectivity index (χ1n) is 7.45. The van der Waals surface area contributed by atoms with Crippen LogP contribution in [0, 0.1) is 0 Å². The molecule has 8 heteroatoms. The molecule has 0 saturated carbocycles. The Balaban J connectivity index is 0.00000182. The number of hydrogen-bond acceptors (Lipinski definition) is 3. The van der Waals surface area contributed by atoms with Crippen LogP contribution in [0.3, 0.4) is 0 Å². The molecule has 0 bridgehead atoms. The summed E-state index contributed by atoms with van der Waals surface area (Å²) >= 11 is 0. The van der Waals surface area contributed by atoms with Gasteiger partial charge in [-0.1, -0.05) is 72.8 Å². The average Bonchev–Trinajstić information content (AvgIpc) is 2.59. The Hall–Kier alpha value is -2.41. The molecule has 0 fully saturated rings. The van der Waals surface area contributed by atoms with Crippen LogP contribution in [0.15, 0.2) is 66.7 Å². The highest BCUT2D eigenvalue weighted by Gasteiger charge is 2.35. The monoisotopic (exact) mass is 394 g/mol. The molecule has 3 aromatic rings. The van der Waals surface area contributed by atoms with E-state index in [0.717, 1.165) is 28.5 Å². The molecule has 0 saturated heterocycles. The van der Waals surface area contributed by atoms with Crippen molar-refractivity contribution in [2.45, 2.75) is 5.66 Å². The maximum atomic E-state index is 13.7. The van der Waals surface area contributed by atoms with Crippen LogP contribution in [0.2, 0.25) is 0 Å². The molecule has 0 aliphatic heterocycles. The second-order valence-corrected chi connectivity index (χ2v) is 7.12. The standard InChI is InChI=1S/C19H15F2O3P.2H3N/c20-19(21,25(22,23)24)17-9-3-5-14(13-17)11-12-16-8-4-7-15-6-1-2-10-18(15)16;;/h1-13H,(H2,22,23,24);2*1H3/b12-11-;;. The first-order valence-corrected chi connectivity index (χ1v) is 9.00. The summed E-state index contributed by atoms with van der Waals surface area (Å²) in [6.07, 6.45) is 3.36. The smallest absolute Gasteiger partial charge is 0.296 e. The summed E-state index contributed by atoms with van der Waals surface area (Å²) < 4.78 is 38.2. The molecule has 0 amide bonds. The Morgan fingerprint density at radius 3 is 2.19 bits per heavy atom. The van der Waals surface area contributed by atoms with E-state index in [4.69, 9.17) is 0 Å². The van der Waals surface area contributed by atoms with Gasteiger partial charge in [-0.2, -0.15) is 8.78 Å². The minimum atomic E-state index is -6.08. The molecule has 144 valence electrons. The lowest BCUT2D eigenvalue weighted by Crippen LogP contribution is -2.29. The molecular formula is C19H21F2N2O3P. The van der Waals surface area contributed by atoms with Gasteiger partial charge in [0.2, 0.25) is 0 Å². The first-order chi connectivity index (χ1) is 11.8. The molecule has 0 aliphatic carbocycles. The predicted molar refractivity (Wildman–Crippen MR) is 103 cm³/mol. The van der Waals surface area contributed by atoms with Gasteiger partial charge in [-0.25, -0.2) is 0 Å². The zero-order chi connectivity index (χ0) is 18.1. The third-order valence-corrected chi connectivity index (χ3v) is 4.80. The second kappa shape index (κ2) is 8.52. The zero-order valence-corrected chi connectivity index (χ0v) is 15.8. The molecule has 0 spiro atoms. The van der Waals surface area contributed by atoms with Crippen LogP contribution < -0.4 is 22.1 Å². The molecule has 0 radical (unpaired) electrons. The van der Waals surface area contributed by atoms with Crippen molar-refractivity contribution in [1.82, 2.24) is 12.3 Å². The van der Waals surface area contributed by atoms with E-state index in [9.17, 15) is 23.1 Å². The van der Waals surface area contributed by atoms with Crippen molar-refractivity contribution in [1.29, 1.82) is 0 Å². The number of halogens is 2. The lowest BCUT2D eigenvalue weighted by Gasteiger charge is -2.37. The number of rotatable bonds is 4. The fourth-order valence-electron chi connectivity index (χ4n) is 2.57. The topological polar surface area (TPSA) is 136 Å². The van der Waals surface area contributed by atoms with Gasteiger partial charge in [-0.15, -0.1) is 0 Å². The van der Waals surface area contributed by atoms with Gasteiger partial charge in [-0.3, -0.25) is 0 Å². The molecule has 0 aliphatic rings. The van der Waals surface area contributed by atoms with Crippen molar-refractivity contribution >= 4 is 30.5 Å². The van der Waals surface area contributed by atoms with E-state index >= 15 is 0 Å². The summed E-state index contributed by atoms with van der Waals surface area (Å²) in [6, 6.07) is 18.3. The largest absolute Gasteiger partial charge is 0.806 e. The average molecular weight is 394 g/mol. The Bertz CT molecular complexity index is 998.